The number of rotatable bonds is 3. The first kappa shape index (κ1) is 18.4. The van der Waals surface area contributed by atoms with Crippen molar-refractivity contribution in [3.8, 4) is 0 Å². The number of carbonyl (C=O) groups is 2. The minimum atomic E-state index is 0.116. The van der Waals surface area contributed by atoms with E-state index in [1.165, 1.54) is 0 Å². The van der Waals surface area contributed by atoms with Crippen LogP contribution >= 0.6 is 0 Å². The Kier molecular flexibility index (Phi) is 6.48. The number of fused-ring (bicyclic) bond motifs is 1. The molecule has 2 amide bonds. The highest BCUT2D eigenvalue weighted by atomic mass is 16.5. The molecule has 0 bridgehead atoms. The van der Waals surface area contributed by atoms with E-state index in [-0.39, 0.29) is 11.8 Å². The normalized spacial score (nSPS) is 28.7. The third-order valence-electron chi connectivity index (χ3n) is 5.76. The number of morpholine rings is 1. The van der Waals surface area contributed by atoms with Crippen molar-refractivity contribution in [3.05, 3.63) is 12.2 Å². The molecule has 0 aromatic rings. The van der Waals surface area contributed by atoms with Crippen LogP contribution in [0.3, 0.4) is 0 Å². The molecule has 6 nitrogen and oxygen atoms in total. The number of hydrogen-bond acceptors (Lipinski definition) is 4. The van der Waals surface area contributed by atoms with E-state index in [1.807, 2.05) is 15.9 Å². The number of nitrogens with zero attached hydrogens (tertiary/aromatic N) is 3. The molecular weight excluding hydrogens is 318 g/mol. The molecule has 3 rings (SSSR count). The molecule has 0 spiro atoms. The highest BCUT2D eigenvalue weighted by Gasteiger charge is 2.36. The van der Waals surface area contributed by atoms with Gasteiger partial charge in [-0.15, -0.1) is 0 Å². The lowest BCUT2D eigenvalue weighted by Crippen LogP contribution is -2.52. The van der Waals surface area contributed by atoms with Gasteiger partial charge in [0, 0.05) is 58.3 Å². The van der Waals surface area contributed by atoms with Gasteiger partial charge in [-0.1, -0.05) is 12.5 Å². The fourth-order valence-corrected chi connectivity index (χ4v) is 4.35. The predicted molar refractivity (Wildman–Crippen MR) is 96.1 cm³/mol. The Morgan fingerprint density at radius 1 is 1.08 bits per heavy atom. The Hall–Kier alpha value is -1.40. The summed E-state index contributed by atoms with van der Waals surface area (Å²) in [5.41, 5.74) is 0. The maximum absolute atomic E-state index is 12.5. The number of amides is 2. The van der Waals surface area contributed by atoms with E-state index in [4.69, 9.17) is 4.74 Å². The number of piperidine rings is 1. The van der Waals surface area contributed by atoms with Crippen LogP contribution in [-0.4, -0.2) is 85.0 Å². The quantitative estimate of drug-likeness (QED) is 0.717. The Bertz CT molecular complexity index is 502. The van der Waals surface area contributed by atoms with E-state index in [1.54, 1.807) is 13.0 Å². The molecule has 0 aromatic carbocycles. The topological polar surface area (TPSA) is 53.1 Å². The molecule has 140 valence electrons. The van der Waals surface area contributed by atoms with Crippen LogP contribution in [0.15, 0.2) is 12.2 Å². The van der Waals surface area contributed by atoms with Gasteiger partial charge in [0.25, 0.3) is 0 Å². The summed E-state index contributed by atoms with van der Waals surface area (Å²) < 4.78 is 5.34. The van der Waals surface area contributed by atoms with Gasteiger partial charge in [-0.25, -0.2) is 0 Å². The molecule has 0 N–H and O–H groups in total. The molecule has 0 aliphatic carbocycles. The van der Waals surface area contributed by atoms with Crippen molar-refractivity contribution >= 4 is 11.8 Å². The van der Waals surface area contributed by atoms with Crippen molar-refractivity contribution in [2.45, 2.75) is 38.6 Å². The third-order valence-corrected chi connectivity index (χ3v) is 5.76. The summed E-state index contributed by atoms with van der Waals surface area (Å²) in [6.07, 6.45) is 7.98. The van der Waals surface area contributed by atoms with E-state index < -0.39 is 0 Å². The summed E-state index contributed by atoms with van der Waals surface area (Å²) in [7, 11) is 0. The molecule has 0 saturated carbocycles. The standard InChI is InChI=1S/C19H31N3O3/c1-16(23)22-9-3-2-5-17-15-21(10-7-18(17)22)19(24)6-4-8-20-11-13-25-14-12-20/h4,6,17-18H,2-3,5,7-15H2,1H3/b6-4+/t17-,18-/m1/s1. The number of carbonyl (C=O) groups excluding carboxylic acids is 2. The minimum absolute atomic E-state index is 0.116. The Balaban J connectivity index is 1.52. The predicted octanol–water partition coefficient (Wildman–Crippen LogP) is 1.12. The number of likely N-dealkylation sites (tertiary alicyclic amines) is 2. The molecule has 3 heterocycles. The molecule has 0 aromatic heterocycles. The minimum Gasteiger partial charge on any atom is -0.379 e. The fraction of sp³-hybridized carbons (Fsp3) is 0.789. The molecule has 3 aliphatic heterocycles. The van der Waals surface area contributed by atoms with Crippen LogP contribution in [0.25, 0.3) is 0 Å². The first-order valence-corrected chi connectivity index (χ1v) is 9.68. The summed E-state index contributed by atoms with van der Waals surface area (Å²) in [5, 5.41) is 0. The van der Waals surface area contributed by atoms with Crippen molar-refractivity contribution < 1.29 is 14.3 Å². The van der Waals surface area contributed by atoms with Gasteiger partial charge in [0.1, 0.15) is 0 Å². The number of hydrogen-bond donors (Lipinski definition) is 0. The molecule has 0 radical (unpaired) electrons. The number of ether oxygens (including phenoxy) is 1. The molecule has 2 atom stereocenters. The van der Waals surface area contributed by atoms with Gasteiger partial charge in [-0.05, 0) is 25.2 Å². The second-order valence-electron chi connectivity index (χ2n) is 7.42. The zero-order valence-corrected chi connectivity index (χ0v) is 15.4. The van der Waals surface area contributed by atoms with E-state index in [0.717, 1.165) is 78.2 Å². The van der Waals surface area contributed by atoms with Crippen LogP contribution in [0, 0.1) is 5.92 Å². The summed E-state index contributed by atoms with van der Waals surface area (Å²) >= 11 is 0. The lowest BCUT2D eigenvalue weighted by atomic mass is 9.88. The van der Waals surface area contributed by atoms with E-state index >= 15 is 0 Å². The molecule has 0 unspecified atom stereocenters. The summed E-state index contributed by atoms with van der Waals surface area (Å²) in [6.45, 7) is 8.35. The largest absolute Gasteiger partial charge is 0.379 e. The molecular formula is C19H31N3O3. The lowest BCUT2D eigenvalue weighted by molar-refractivity contribution is -0.135. The fourth-order valence-electron chi connectivity index (χ4n) is 4.35. The van der Waals surface area contributed by atoms with Gasteiger partial charge in [0.2, 0.25) is 11.8 Å². The SMILES string of the molecule is CC(=O)N1CCCC[C@@H]2CN(C(=O)/C=C/CN3CCOCC3)CC[C@H]21. The molecule has 6 heteroatoms. The first-order chi connectivity index (χ1) is 12.1. The van der Waals surface area contributed by atoms with E-state index in [9.17, 15) is 9.59 Å². The van der Waals surface area contributed by atoms with Gasteiger partial charge in [-0.3, -0.25) is 14.5 Å². The Labute approximate surface area is 150 Å². The summed E-state index contributed by atoms with van der Waals surface area (Å²) in [4.78, 5) is 30.8. The maximum atomic E-state index is 12.5. The van der Waals surface area contributed by atoms with Crippen LogP contribution in [0.4, 0.5) is 0 Å². The smallest absolute Gasteiger partial charge is 0.246 e. The van der Waals surface area contributed by atoms with Gasteiger partial charge in [-0.2, -0.15) is 0 Å². The monoisotopic (exact) mass is 349 g/mol. The molecule has 3 saturated heterocycles. The summed E-state index contributed by atoms with van der Waals surface area (Å²) in [6, 6.07) is 0.321. The van der Waals surface area contributed by atoms with Crippen molar-refractivity contribution in [3.63, 3.8) is 0 Å². The van der Waals surface area contributed by atoms with Crippen molar-refractivity contribution in [2.75, 3.05) is 52.5 Å². The lowest BCUT2D eigenvalue weighted by Gasteiger charge is -2.42. The van der Waals surface area contributed by atoms with Crippen LogP contribution in [0.5, 0.6) is 0 Å². The Morgan fingerprint density at radius 3 is 2.64 bits per heavy atom. The molecule has 25 heavy (non-hydrogen) atoms. The van der Waals surface area contributed by atoms with Crippen molar-refractivity contribution in [1.82, 2.24) is 14.7 Å². The molecule has 3 aliphatic rings. The van der Waals surface area contributed by atoms with Crippen LogP contribution in [0.2, 0.25) is 0 Å². The van der Waals surface area contributed by atoms with Crippen LogP contribution < -0.4 is 0 Å². The summed E-state index contributed by atoms with van der Waals surface area (Å²) in [5.74, 6) is 0.726. The second-order valence-corrected chi connectivity index (χ2v) is 7.42. The van der Waals surface area contributed by atoms with Crippen LogP contribution in [-0.2, 0) is 14.3 Å². The van der Waals surface area contributed by atoms with Crippen LogP contribution in [0.1, 0.15) is 32.6 Å². The highest BCUT2D eigenvalue weighted by molar-refractivity contribution is 5.87. The van der Waals surface area contributed by atoms with Gasteiger partial charge >= 0.3 is 0 Å². The van der Waals surface area contributed by atoms with Crippen molar-refractivity contribution in [2.24, 2.45) is 5.92 Å². The van der Waals surface area contributed by atoms with Crippen molar-refractivity contribution in [1.29, 1.82) is 0 Å². The highest BCUT2D eigenvalue weighted by Crippen LogP contribution is 2.30. The third kappa shape index (κ3) is 4.82. The average molecular weight is 349 g/mol. The first-order valence-electron chi connectivity index (χ1n) is 9.68. The molecule has 3 fully saturated rings. The average Bonchev–Trinajstić information content (AvgIpc) is 2.84. The zero-order chi connectivity index (χ0) is 17.6. The zero-order valence-electron chi connectivity index (χ0n) is 15.4. The van der Waals surface area contributed by atoms with Gasteiger partial charge in [0.15, 0.2) is 0 Å². The second kappa shape index (κ2) is 8.81. The van der Waals surface area contributed by atoms with Gasteiger partial charge in [0.05, 0.1) is 13.2 Å². The van der Waals surface area contributed by atoms with E-state index in [0.29, 0.717) is 12.0 Å². The maximum Gasteiger partial charge on any atom is 0.246 e. The van der Waals surface area contributed by atoms with Gasteiger partial charge < -0.3 is 14.5 Å². The van der Waals surface area contributed by atoms with E-state index in [2.05, 4.69) is 4.90 Å². The Morgan fingerprint density at radius 2 is 1.88 bits per heavy atom.